The van der Waals surface area contributed by atoms with Crippen LogP contribution in [-0.4, -0.2) is 16.6 Å². The third-order valence-corrected chi connectivity index (χ3v) is 4.88. The number of nitrogens with zero attached hydrogens (tertiary/aromatic N) is 3. The molecule has 2 heterocycles. The molecule has 2 aromatic carbocycles. The molecule has 0 amide bonds. The summed E-state index contributed by atoms with van der Waals surface area (Å²) in [7, 11) is 1.67. The van der Waals surface area contributed by atoms with E-state index in [9.17, 15) is 10.1 Å². The minimum Gasteiger partial charge on any atom is -0.497 e. The molecule has 1 aliphatic heterocycles. The molecular formula is C20H20N3O3+. The Kier molecular flexibility index (Phi) is 4.16. The van der Waals surface area contributed by atoms with Crippen molar-refractivity contribution in [2.24, 2.45) is 0 Å². The lowest BCUT2D eigenvalue weighted by Crippen LogP contribution is -2.36. The second kappa shape index (κ2) is 6.63. The van der Waals surface area contributed by atoms with Crippen LogP contribution in [0.15, 0.2) is 54.7 Å². The topological polar surface area (TPSA) is 61.2 Å². The summed E-state index contributed by atoms with van der Waals surface area (Å²) < 4.78 is 9.87. The van der Waals surface area contributed by atoms with Gasteiger partial charge in [0.15, 0.2) is 5.69 Å². The summed E-state index contributed by atoms with van der Waals surface area (Å²) in [6.07, 6.45) is 4.36. The van der Waals surface area contributed by atoms with Gasteiger partial charge in [-0.05, 0) is 48.4 Å². The van der Waals surface area contributed by atoms with Crippen molar-refractivity contribution in [2.75, 3.05) is 7.11 Å². The van der Waals surface area contributed by atoms with E-state index in [1.54, 1.807) is 19.2 Å². The van der Waals surface area contributed by atoms with Gasteiger partial charge in [-0.2, -0.15) is 0 Å². The van der Waals surface area contributed by atoms with E-state index in [1.807, 2.05) is 24.3 Å². The Balaban J connectivity index is 1.66. The van der Waals surface area contributed by atoms with E-state index in [-0.39, 0.29) is 10.6 Å². The van der Waals surface area contributed by atoms with Crippen LogP contribution in [0.4, 0.5) is 5.69 Å². The summed E-state index contributed by atoms with van der Waals surface area (Å²) in [5.74, 6) is 2.15. The molecule has 132 valence electrons. The number of fused-ring (bicyclic) bond motifs is 1. The number of nitro groups is 1. The fourth-order valence-electron chi connectivity index (χ4n) is 3.56. The summed E-state index contributed by atoms with van der Waals surface area (Å²) in [5.41, 5.74) is 3.54. The fraction of sp³-hybridized carbons (Fsp3) is 0.250. The standard InChI is InChI=1S/C20H20N3O3/c1-26-18-10-6-16(7-11-18)19-14-21(20-3-2-12-22(19)20)13-15-4-8-17(9-5-15)23(24)25/h4-11,14H,2-3,12-13H2,1H3/q+1. The summed E-state index contributed by atoms with van der Waals surface area (Å²) in [5, 5.41) is 10.8. The number of imidazole rings is 1. The minimum absolute atomic E-state index is 0.125. The van der Waals surface area contributed by atoms with E-state index in [0.717, 1.165) is 36.3 Å². The molecule has 6 heteroatoms. The maximum Gasteiger partial charge on any atom is 0.269 e. The van der Waals surface area contributed by atoms with E-state index >= 15 is 0 Å². The first-order valence-corrected chi connectivity index (χ1v) is 8.65. The van der Waals surface area contributed by atoms with E-state index < -0.39 is 0 Å². The zero-order chi connectivity index (χ0) is 18.1. The Morgan fingerprint density at radius 1 is 1.15 bits per heavy atom. The number of rotatable bonds is 5. The normalized spacial score (nSPS) is 12.8. The highest BCUT2D eigenvalue weighted by molar-refractivity contribution is 5.60. The Bertz CT molecular complexity index is 944. The molecule has 6 nitrogen and oxygen atoms in total. The van der Waals surface area contributed by atoms with Gasteiger partial charge in [-0.15, -0.1) is 0 Å². The molecule has 0 radical (unpaired) electrons. The first-order chi connectivity index (χ1) is 12.7. The fourth-order valence-corrected chi connectivity index (χ4v) is 3.56. The molecule has 1 aliphatic rings. The largest absolute Gasteiger partial charge is 0.497 e. The van der Waals surface area contributed by atoms with Gasteiger partial charge in [-0.1, -0.05) is 0 Å². The summed E-state index contributed by atoms with van der Waals surface area (Å²) >= 11 is 0. The smallest absolute Gasteiger partial charge is 0.269 e. The number of non-ortho nitro benzene ring substituents is 1. The van der Waals surface area contributed by atoms with Crippen molar-refractivity contribution in [1.29, 1.82) is 0 Å². The third-order valence-electron chi connectivity index (χ3n) is 4.88. The zero-order valence-corrected chi connectivity index (χ0v) is 14.6. The molecule has 1 aromatic heterocycles. The predicted octanol–water partition coefficient (Wildman–Crippen LogP) is 3.35. The predicted molar refractivity (Wildman–Crippen MR) is 97.1 cm³/mol. The molecule has 26 heavy (non-hydrogen) atoms. The molecule has 0 saturated carbocycles. The molecular weight excluding hydrogens is 330 g/mol. The number of ether oxygens (including phenoxy) is 1. The first kappa shape index (κ1) is 16.3. The van der Waals surface area contributed by atoms with Crippen LogP contribution >= 0.6 is 0 Å². The highest BCUT2D eigenvalue weighted by Gasteiger charge is 2.28. The average Bonchev–Trinajstić information content (AvgIpc) is 3.26. The number of hydrogen-bond donors (Lipinski definition) is 0. The third kappa shape index (κ3) is 2.94. The van der Waals surface area contributed by atoms with Gasteiger partial charge in [0.25, 0.3) is 11.5 Å². The Morgan fingerprint density at radius 2 is 1.88 bits per heavy atom. The Labute approximate surface area is 151 Å². The second-order valence-electron chi connectivity index (χ2n) is 6.47. The van der Waals surface area contributed by atoms with Gasteiger partial charge in [-0.25, -0.2) is 9.13 Å². The minimum atomic E-state index is -0.366. The average molecular weight is 350 g/mol. The van der Waals surface area contributed by atoms with Crippen molar-refractivity contribution in [3.8, 4) is 17.0 Å². The Hall–Kier alpha value is -3.15. The van der Waals surface area contributed by atoms with Crippen molar-refractivity contribution < 1.29 is 14.2 Å². The van der Waals surface area contributed by atoms with Gasteiger partial charge in [0.2, 0.25) is 0 Å². The number of hydrogen-bond acceptors (Lipinski definition) is 3. The van der Waals surface area contributed by atoms with Gasteiger partial charge in [-0.3, -0.25) is 10.1 Å². The molecule has 3 aromatic rings. The molecule has 0 unspecified atom stereocenters. The van der Waals surface area contributed by atoms with E-state index in [4.69, 9.17) is 4.74 Å². The van der Waals surface area contributed by atoms with Gasteiger partial charge >= 0.3 is 0 Å². The monoisotopic (exact) mass is 350 g/mol. The van der Waals surface area contributed by atoms with Crippen molar-refractivity contribution >= 4 is 5.69 Å². The number of aromatic nitrogens is 2. The van der Waals surface area contributed by atoms with Crippen LogP contribution in [0.3, 0.4) is 0 Å². The maximum atomic E-state index is 10.8. The van der Waals surface area contributed by atoms with Gasteiger partial charge in [0.05, 0.1) is 25.0 Å². The Morgan fingerprint density at radius 3 is 2.54 bits per heavy atom. The first-order valence-electron chi connectivity index (χ1n) is 8.65. The zero-order valence-electron chi connectivity index (χ0n) is 14.6. The van der Waals surface area contributed by atoms with E-state index in [1.165, 1.54) is 11.5 Å². The number of benzene rings is 2. The van der Waals surface area contributed by atoms with Crippen LogP contribution in [0.25, 0.3) is 11.3 Å². The van der Waals surface area contributed by atoms with Crippen molar-refractivity contribution in [1.82, 2.24) is 4.57 Å². The molecule has 0 aliphatic carbocycles. The highest BCUT2D eigenvalue weighted by Crippen LogP contribution is 2.26. The maximum absolute atomic E-state index is 10.8. The summed E-state index contributed by atoms with van der Waals surface area (Å²) in [6, 6.07) is 14.9. The lowest BCUT2D eigenvalue weighted by molar-refractivity contribution is -0.694. The molecule has 0 N–H and O–H groups in total. The molecule has 0 atom stereocenters. The van der Waals surface area contributed by atoms with Crippen molar-refractivity contribution in [3.63, 3.8) is 0 Å². The number of methoxy groups -OCH3 is 1. The quantitative estimate of drug-likeness (QED) is 0.403. The lowest BCUT2D eigenvalue weighted by atomic mass is 10.1. The van der Waals surface area contributed by atoms with Crippen LogP contribution in [0, 0.1) is 10.1 Å². The van der Waals surface area contributed by atoms with Crippen molar-refractivity contribution in [2.45, 2.75) is 25.9 Å². The van der Waals surface area contributed by atoms with Crippen LogP contribution in [0.2, 0.25) is 0 Å². The molecule has 0 bridgehead atoms. The van der Waals surface area contributed by atoms with Crippen LogP contribution in [-0.2, 0) is 19.5 Å². The van der Waals surface area contributed by atoms with Crippen LogP contribution in [0.5, 0.6) is 5.75 Å². The van der Waals surface area contributed by atoms with Gasteiger partial charge in [0, 0.05) is 17.7 Å². The van der Waals surface area contributed by atoms with Crippen LogP contribution in [0.1, 0.15) is 17.8 Å². The second-order valence-corrected chi connectivity index (χ2v) is 6.47. The molecule has 4 rings (SSSR count). The lowest BCUT2D eigenvalue weighted by Gasteiger charge is -2.01. The van der Waals surface area contributed by atoms with E-state index in [2.05, 4.69) is 27.5 Å². The SMILES string of the molecule is COc1ccc(-c2c[n+](Cc3ccc([N+](=O)[O-])cc3)c3n2CCC3)cc1. The van der Waals surface area contributed by atoms with Gasteiger partial charge < -0.3 is 4.74 Å². The molecule has 0 spiro atoms. The van der Waals surface area contributed by atoms with E-state index in [0.29, 0.717) is 6.54 Å². The van der Waals surface area contributed by atoms with Gasteiger partial charge in [0.1, 0.15) is 18.5 Å². The van der Waals surface area contributed by atoms with Crippen molar-refractivity contribution in [3.05, 3.63) is 76.2 Å². The number of nitro benzene ring substituents is 1. The highest BCUT2D eigenvalue weighted by atomic mass is 16.6. The summed E-state index contributed by atoms with van der Waals surface area (Å²) in [6.45, 7) is 1.73. The molecule has 0 fully saturated rings. The summed E-state index contributed by atoms with van der Waals surface area (Å²) in [4.78, 5) is 10.5. The molecule has 0 saturated heterocycles. The van der Waals surface area contributed by atoms with Crippen LogP contribution < -0.4 is 9.30 Å².